The zero-order valence-electron chi connectivity index (χ0n) is 12.0. The minimum Gasteiger partial charge on any atom is -0.309 e. The second kappa shape index (κ2) is 7.79. The van der Waals surface area contributed by atoms with E-state index < -0.39 is 11.7 Å². The standard InChI is InChI=1S/C15H20F3NS2/c1-2-7-19-14(13-10-20-8-9-21-13)11-3-5-12(6-4-11)15(16,17)18/h3-6,13-14,19H,2,7-10H2,1H3. The van der Waals surface area contributed by atoms with Gasteiger partial charge < -0.3 is 5.32 Å². The lowest BCUT2D eigenvalue weighted by molar-refractivity contribution is -0.137. The van der Waals surface area contributed by atoms with Gasteiger partial charge in [0.1, 0.15) is 0 Å². The maximum atomic E-state index is 12.7. The Hall–Kier alpha value is -0.330. The molecule has 1 aliphatic rings. The first-order valence-electron chi connectivity index (χ1n) is 7.12. The van der Waals surface area contributed by atoms with Crippen LogP contribution in [0.1, 0.15) is 30.5 Å². The molecule has 1 aromatic rings. The molecular weight excluding hydrogens is 315 g/mol. The fourth-order valence-corrected chi connectivity index (χ4v) is 5.21. The van der Waals surface area contributed by atoms with Crippen LogP contribution in [0.5, 0.6) is 0 Å². The van der Waals surface area contributed by atoms with Gasteiger partial charge in [-0.3, -0.25) is 0 Å². The Bertz CT molecular complexity index is 428. The molecule has 0 spiro atoms. The van der Waals surface area contributed by atoms with Crippen molar-refractivity contribution in [1.29, 1.82) is 0 Å². The lowest BCUT2D eigenvalue weighted by Gasteiger charge is -2.31. The van der Waals surface area contributed by atoms with Gasteiger partial charge in [0.05, 0.1) is 5.56 Å². The van der Waals surface area contributed by atoms with Gasteiger partial charge in [0, 0.05) is 28.6 Å². The molecule has 118 valence electrons. The summed E-state index contributed by atoms with van der Waals surface area (Å²) in [7, 11) is 0. The molecule has 1 fully saturated rings. The first-order chi connectivity index (χ1) is 10.0. The van der Waals surface area contributed by atoms with E-state index in [-0.39, 0.29) is 6.04 Å². The summed E-state index contributed by atoms with van der Waals surface area (Å²) in [5, 5.41) is 3.92. The van der Waals surface area contributed by atoms with Crippen LogP contribution in [0, 0.1) is 0 Å². The van der Waals surface area contributed by atoms with Crippen molar-refractivity contribution in [2.75, 3.05) is 23.8 Å². The van der Waals surface area contributed by atoms with Crippen LogP contribution in [0.4, 0.5) is 13.2 Å². The molecule has 0 saturated carbocycles. The van der Waals surface area contributed by atoms with Crippen LogP contribution < -0.4 is 5.32 Å². The number of halogens is 3. The zero-order chi connectivity index (χ0) is 15.3. The Morgan fingerprint density at radius 2 is 1.95 bits per heavy atom. The molecule has 1 aromatic carbocycles. The summed E-state index contributed by atoms with van der Waals surface area (Å²) in [5.74, 6) is 3.32. The van der Waals surface area contributed by atoms with Crippen LogP contribution in [0.2, 0.25) is 0 Å². The van der Waals surface area contributed by atoms with Crippen molar-refractivity contribution in [2.45, 2.75) is 30.8 Å². The average molecular weight is 335 g/mol. The molecule has 1 nitrogen and oxygen atoms in total. The van der Waals surface area contributed by atoms with Crippen LogP contribution in [0.25, 0.3) is 0 Å². The monoisotopic (exact) mass is 335 g/mol. The van der Waals surface area contributed by atoms with E-state index in [1.54, 1.807) is 12.1 Å². The van der Waals surface area contributed by atoms with Crippen LogP contribution in [-0.2, 0) is 6.18 Å². The van der Waals surface area contributed by atoms with Gasteiger partial charge in [-0.2, -0.15) is 36.7 Å². The molecule has 0 bridgehead atoms. The van der Waals surface area contributed by atoms with Crippen LogP contribution >= 0.6 is 23.5 Å². The highest BCUT2D eigenvalue weighted by atomic mass is 32.2. The van der Waals surface area contributed by atoms with Gasteiger partial charge in [-0.15, -0.1) is 0 Å². The maximum absolute atomic E-state index is 12.7. The van der Waals surface area contributed by atoms with Gasteiger partial charge in [-0.05, 0) is 30.7 Å². The molecule has 0 radical (unpaired) electrons. The summed E-state index contributed by atoms with van der Waals surface area (Å²) >= 11 is 3.85. The van der Waals surface area contributed by atoms with Crippen LogP contribution in [0.3, 0.4) is 0 Å². The minimum absolute atomic E-state index is 0.130. The molecule has 21 heavy (non-hydrogen) atoms. The molecular formula is C15H20F3NS2. The number of nitrogens with one attached hydrogen (secondary N) is 1. The first-order valence-corrected chi connectivity index (χ1v) is 9.32. The second-order valence-corrected chi connectivity index (χ2v) is 7.53. The van der Waals surface area contributed by atoms with Gasteiger partial charge in [-0.25, -0.2) is 0 Å². The van der Waals surface area contributed by atoms with E-state index in [1.165, 1.54) is 12.1 Å². The lowest BCUT2D eigenvalue weighted by atomic mass is 10.0. The maximum Gasteiger partial charge on any atom is 0.416 e. The Morgan fingerprint density at radius 3 is 2.48 bits per heavy atom. The van der Waals surface area contributed by atoms with E-state index in [4.69, 9.17) is 0 Å². The summed E-state index contributed by atoms with van der Waals surface area (Å²) in [6, 6.07) is 5.75. The highest BCUT2D eigenvalue weighted by Crippen LogP contribution is 2.35. The molecule has 0 amide bonds. The molecule has 1 heterocycles. The van der Waals surface area contributed by atoms with Crippen molar-refractivity contribution < 1.29 is 13.2 Å². The van der Waals surface area contributed by atoms with E-state index in [0.29, 0.717) is 5.25 Å². The molecule has 2 atom stereocenters. The third-order valence-corrected chi connectivity index (χ3v) is 6.29. The van der Waals surface area contributed by atoms with Crippen LogP contribution in [0.15, 0.2) is 24.3 Å². The number of alkyl halides is 3. The molecule has 0 aromatic heterocycles. The van der Waals surface area contributed by atoms with Gasteiger partial charge in [0.25, 0.3) is 0 Å². The lowest BCUT2D eigenvalue weighted by Crippen LogP contribution is -2.34. The van der Waals surface area contributed by atoms with Crippen molar-refractivity contribution in [3.63, 3.8) is 0 Å². The Kier molecular flexibility index (Phi) is 6.32. The van der Waals surface area contributed by atoms with Gasteiger partial charge in [-0.1, -0.05) is 19.1 Å². The number of rotatable bonds is 5. The predicted octanol–water partition coefficient (Wildman–Crippen LogP) is 4.59. The predicted molar refractivity (Wildman–Crippen MR) is 86.0 cm³/mol. The summed E-state index contributed by atoms with van der Waals surface area (Å²) in [6.45, 7) is 2.98. The Morgan fingerprint density at radius 1 is 1.24 bits per heavy atom. The van der Waals surface area contributed by atoms with E-state index >= 15 is 0 Å². The number of hydrogen-bond donors (Lipinski definition) is 1. The van der Waals surface area contributed by atoms with Gasteiger partial charge in [0.2, 0.25) is 0 Å². The normalized spacial score (nSPS) is 21.2. The van der Waals surface area contributed by atoms with Crippen molar-refractivity contribution in [1.82, 2.24) is 5.32 Å². The fraction of sp³-hybridized carbons (Fsp3) is 0.600. The summed E-state index contributed by atoms with van der Waals surface area (Å²) in [5.41, 5.74) is 0.377. The first kappa shape index (κ1) is 17.0. The van der Waals surface area contributed by atoms with E-state index in [1.807, 2.05) is 23.5 Å². The summed E-state index contributed by atoms with van der Waals surface area (Å²) in [4.78, 5) is 0. The molecule has 6 heteroatoms. The smallest absolute Gasteiger partial charge is 0.309 e. The molecule has 0 aliphatic carbocycles. The van der Waals surface area contributed by atoms with Gasteiger partial charge >= 0.3 is 6.18 Å². The molecule has 2 rings (SSSR count). The second-order valence-electron chi connectivity index (χ2n) is 5.04. The van der Waals surface area contributed by atoms with E-state index in [0.717, 1.165) is 35.8 Å². The quantitative estimate of drug-likeness (QED) is 0.845. The third-order valence-electron chi connectivity index (χ3n) is 3.42. The highest BCUT2D eigenvalue weighted by Gasteiger charge is 2.31. The van der Waals surface area contributed by atoms with Crippen molar-refractivity contribution in [2.24, 2.45) is 0 Å². The molecule has 1 N–H and O–H groups in total. The third kappa shape index (κ3) is 4.83. The molecule has 1 saturated heterocycles. The van der Waals surface area contributed by atoms with Crippen molar-refractivity contribution in [3.05, 3.63) is 35.4 Å². The summed E-state index contributed by atoms with van der Waals surface area (Å²) < 4.78 is 38.0. The summed E-state index contributed by atoms with van der Waals surface area (Å²) in [6.07, 6.45) is -3.25. The number of benzene rings is 1. The minimum atomic E-state index is -4.26. The van der Waals surface area contributed by atoms with Crippen molar-refractivity contribution in [3.8, 4) is 0 Å². The zero-order valence-corrected chi connectivity index (χ0v) is 13.6. The fourth-order valence-electron chi connectivity index (χ4n) is 2.34. The number of thioether (sulfide) groups is 2. The van der Waals surface area contributed by atoms with E-state index in [2.05, 4.69) is 12.2 Å². The van der Waals surface area contributed by atoms with Gasteiger partial charge in [0.15, 0.2) is 0 Å². The topological polar surface area (TPSA) is 12.0 Å². The van der Waals surface area contributed by atoms with Crippen LogP contribution in [-0.4, -0.2) is 29.1 Å². The average Bonchev–Trinajstić information content (AvgIpc) is 2.48. The molecule has 2 unspecified atom stereocenters. The Balaban J connectivity index is 2.15. The largest absolute Gasteiger partial charge is 0.416 e. The van der Waals surface area contributed by atoms with Crippen molar-refractivity contribution >= 4 is 23.5 Å². The van der Waals surface area contributed by atoms with E-state index in [9.17, 15) is 13.2 Å². The SMILES string of the molecule is CCCNC(c1ccc(C(F)(F)F)cc1)C1CSCCS1. The number of hydrogen-bond acceptors (Lipinski definition) is 3. The Labute approximate surface area is 132 Å². The molecule has 1 aliphatic heterocycles. The highest BCUT2D eigenvalue weighted by molar-refractivity contribution is 8.06.